The van der Waals surface area contributed by atoms with Gasteiger partial charge in [-0.15, -0.1) is 23.4 Å². The summed E-state index contributed by atoms with van der Waals surface area (Å²) in [6.45, 7) is 0. The first-order valence-electron chi connectivity index (χ1n) is 4.38. The molecule has 2 aromatic rings. The van der Waals surface area contributed by atoms with E-state index in [1.54, 1.807) is 6.07 Å². The van der Waals surface area contributed by atoms with E-state index in [9.17, 15) is 13.2 Å². The van der Waals surface area contributed by atoms with Gasteiger partial charge in [-0.05, 0) is 23.7 Å². The second kappa shape index (κ2) is 4.25. The second-order valence-electron chi connectivity index (χ2n) is 2.99. The predicted molar refractivity (Wildman–Crippen MR) is 53.1 cm³/mol. The summed E-state index contributed by atoms with van der Waals surface area (Å²) >= 11 is 5.67. The van der Waals surface area contributed by atoms with E-state index < -0.39 is 6.36 Å². The quantitative estimate of drug-likeness (QED) is 0.836. The number of hydrogen-bond donors (Lipinski definition) is 0. The van der Waals surface area contributed by atoms with Gasteiger partial charge in [0.15, 0.2) is 5.75 Å². The topological polar surface area (TPSA) is 39.9 Å². The van der Waals surface area contributed by atoms with E-state index in [1.165, 1.54) is 29.1 Å². The largest absolute Gasteiger partial charge is 0.573 e. The molecule has 1 aromatic heterocycles. The van der Waals surface area contributed by atoms with E-state index >= 15 is 0 Å². The molecule has 0 radical (unpaired) electrons. The monoisotopic (exact) mass is 263 g/mol. The van der Waals surface area contributed by atoms with Crippen LogP contribution in [-0.2, 0) is 0 Å². The summed E-state index contributed by atoms with van der Waals surface area (Å²) in [5.74, 6) is -0.373. The summed E-state index contributed by atoms with van der Waals surface area (Å²) < 4.78 is 41.6. The molecule has 0 atom stereocenters. The fourth-order valence-electron chi connectivity index (χ4n) is 1.25. The zero-order valence-corrected chi connectivity index (χ0v) is 8.90. The molecule has 17 heavy (non-hydrogen) atoms. The summed E-state index contributed by atoms with van der Waals surface area (Å²) in [5.41, 5.74) is 0.111. The van der Waals surface area contributed by atoms with Crippen molar-refractivity contribution in [2.45, 2.75) is 6.36 Å². The number of halogens is 4. The number of para-hydroxylation sites is 2. The molecule has 0 N–H and O–H groups in total. The van der Waals surface area contributed by atoms with Gasteiger partial charge >= 0.3 is 6.36 Å². The van der Waals surface area contributed by atoms with E-state index in [0.29, 0.717) is 0 Å². The third-order valence-electron chi connectivity index (χ3n) is 1.86. The van der Waals surface area contributed by atoms with Gasteiger partial charge in [-0.3, -0.25) is 4.57 Å². The van der Waals surface area contributed by atoms with Gasteiger partial charge in [0.05, 0.1) is 5.69 Å². The molecular weight excluding hydrogens is 259 g/mol. The minimum atomic E-state index is -4.77. The molecule has 1 heterocycles. The van der Waals surface area contributed by atoms with Crippen LogP contribution in [0, 0.1) is 0 Å². The fraction of sp³-hybridized carbons (Fsp3) is 0.111. The molecule has 2 rings (SSSR count). The minimum Gasteiger partial charge on any atom is -0.404 e. The second-order valence-corrected chi connectivity index (χ2v) is 3.32. The summed E-state index contributed by atoms with van der Waals surface area (Å²) in [4.78, 5) is 0. The third-order valence-corrected chi connectivity index (χ3v) is 2.11. The molecule has 0 amide bonds. The Morgan fingerprint density at radius 1 is 1.24 bits per heavy atom. The summed E-state index contributed by atoms with van der Waals surface area (Å²) in [7, 11) is 0. The molecule has 0 bridgehead atoms. The Morgan fingerprint density at radius 2 is 1.94 bits per heavy atom. The number of aromatic nitrogens is 3. The van der Waals surface area contributed by atoms with Gasteiger partial charge in [0.1, 0.15) is 6.33 Å². The summed E-state index contributed by atoms with van der Waals surface area (Å²) in [5, 5.41) is 6.90. The molecule has 1 aromatic carbocycles. The van der Waals surface area contributed by atoms with E-state index in [1.807, 2.05) is 0 Å². The Bertz CT molecular complexity index is 526. The zero-order valence-electron chi connectivity index (χ0n) is 8.15. The summed E-state index contributed by atoms with van der Waals surface area (Å²) in [6, 6.07) is 5.56. The van der Waals surface area contributed by atoms with Crippen molar-refractivity contribution in [2.24, 2.45) is 0 Å². The summed E-state index contributed by atoms with van der Waals surface area (Å²) in [6.07, 6.45) is -3.57. The zero-order chi connectivity index (χ0) is 12.5. The first-order chi connectivity index (χ1) is 7.97. The van der Waals surface area contributed by atoms with Gasteiger partial charge in [-0.2, -0.15) is 0 Å². The van der Waals surface area contributed by atoms with Crippen molar-refractivity contribution in [1.29, 1.82) is 0 Å². The van der Waals surface area contributed by atoms with Gasteiger partial charge in [0, 0.05) is 0 Å². The number of rotatable bonds is 2. The average molecular weight is 264 g/mol. The van der Waals surface area contributed by atoms with Crippen molar-refractivity contribution in [1.82, 2.24) is 14.8 Å². The van der Waals surface area contributed by atoms with E-state index in [2.05, 4.69) is 14.9 Å². The molecule has 0 unspecified atom stereocenters. The lowest BCUT2D eigenvalue weighted by atomic mass is 10.3. The lowest BCUT2D eigenvalue weighted by Gasteiger charge is -2.13. The SMILES string of the molecule is FC(F)(F)Oc1ccccc1-n1cnnc1Cl. The molecular formula is C9H5ClF3N3O. The molecule has 90 valence electrons. The van der Waals surface area contributed by atoms with Gasteiger partial charge in [0.2, 0.25) is 5.28 Å². The van der Waals surface area contributed by atoms with Crippen LogP contribution in [0.25, 0.3) is 5.69 Å². The van der Waals surface area contributed by atoms with Crippen molar-refractivity contribution in [3.63, 3.8) is 0 Å². The van der Waals surface area contributed by atoms with Crippen LogP contribution in [-0.4, -0.2) is 21.1 Å². The molecule has 0 saturated heterocycles. The number of nitrogens with zero attached hydrogens (tertiary/aromatic N) is 3. The Hall–Kier alpha value is -1.76. The first-order valence-corrected chi connectivity index (χ1v) is 4.76. The minimum absolute atomic E-state index is 0.0526. The fourth-order valence-corrected chi connectivity index (χ4v) is 1.43. The van der Waals surface area contributed by atoms with Crippen LogP contribution in [0.1, 0.15) is 0 Å². The Kier molecular flexibility index (Phi) is 2.93. The van der Waals surface area contributed by atoms with Gasteiger partial charge < -0.3 is 4.74 Å². The lowest BCUT2D eigenvalue weighted by molar-refractivity contribution is -0.274. The van der Waals surface area contributed by atoms with Crippen LogP contribution in [0.2, 0.25) is 5.28 Å². The molecule has 0 aliphatic heterocycles. The maximum absolute atomic E-state index is 12.2. The van der Waals surface area contributed by atoms with Crippen LogP contribution < -0.4 is 4.74 Å². The van der Waals surface area contributed by atoms with Crippen LogP contribution >= 0.6 is 11.6 Å². The van der Waals surface area contributed by atoms with Crippen LogP contribution in [0.4, 0.5) is 13.2 Å². The lowest BCUT2D eigenvalue weighted by Crippen LogP contribution is -2.18. The third kappa shape index (κ3) is 2.68. The first kappa shape index (κ1) is 11.7. The highest BCUT2D eigenvalue weighted by Gasteiger charge is 2.32. The van der Waals surface area contributed by atoms with Gasteiger partial charge in [0.25, 0.3) is 0 Å². The standard InChI is InChI=1S/C9H5ClF3N3O/c10-8-15-14-5-16(8)6-3-1-2-4-7(6)17-9(11,12)13/h1-5H. The van der Waals surface area contributed by atoms with Crippen LogP contribution in [0.3, 0.4) is 0 Å². The van der Waals surface area contributed by atoms with Crippen molar-refractivity contribution < 1.29 is 17.9 Å². The Balaban J connectivity index is 2.45. The Morgan fingerprint density at radius 3 is 2.53 bits per heavy atom. The highest BCUT2D eigenvalue weighted by molar-refractivity contribution is 6.28. The number of ether oxygens (including phenoxy) is 1. The highest BCUT2D eigenvalue weighted by atomic mass is 35.5. The van der Waals surface area contributed by atoms with Gasteiger partial charge in [-0.25, -0.2) is 0 Å². The van der Waals surface area contributed by atoms with Crippen LogP contribution in [0.15, 0.2) is 30.6 Å². The molecule has 0 spiro atoms. The molecule has 0 fully saturated rings. The number of hydrogen-bond acceptors (Lipinski definition) is 3. The van der Waals surface area contributed by atoms with Crippen molar-refractivity contribution in [3.8, 4) is 11.4 Å². The smallest absolute Gasteiger partial charge is 0.404 e. The average Bonchev–Trinajstić information content (AvgIpc) is 2.63. The van der Waals surface area contributed by atoms with Crippen molar-refractivity contribution in [3.05, 3.63) is 35.9 Å². The van der Waals surface area contributed by atoms with Crippen molar-refractivity contribution >= 4 is 11.6 Å². The number of benzene rings is 1. The molecule has 8 heteroatoms. The highest BCUT2D eigenvalue weighted by Crippen LogP contribution is 2.29. The van der Waals surface area contributed by atoms with E-state index in [0.717, 1.165) is 0 Å². The van der Waals surface area contributed by atoms with E-state index in [4.69, 9.17) is 11.6 Å². The molecule has 0 aliphatic carbocycles. The van der Waals surface area contributed by atoms with Gasteiger partial charge in [-0.1, -0.05) is 12.1 Å². The normalized spacial score (nSPS) is 11.5. The van der Waals surface area contributed by atoms with Crippen molar-refractivity contribution in [2.75, 3.05) is 0 Å². The molecule has 0 saturated carbocycles. The number of alkyl halides is 3. The maximum Gasteiger partial charge on any atom is 0.573 e. The Labute approximate surface area is 98.6 Å². The molecule has 0 aliphatic rings. The predicted octanol–water partition coefficient (Wildman–Crippen LogP) is 2.82. The molecule has 4 nitrogen and oxygen atoms in total. The van der Waals surface area contributed by atoms with E-state index in [-0.39, 0.29) is 16.7 Å². The maximum atomic E-state index is 12.2. The van der Waals surface area contributed by atoms with Crippen LogP contribution in [0.5, 0.6) is 5.75 Å².